The van der Waals surface area contributed by atoms with Gasteiger partial charge in [-0.15, -0.1) is 11.3 Å². The predicted molar refractivity (Wildman–Crippen MR) is 84.0 cm³/mol. The number of rotatable bonds is 2. The summed E-state index contributed by atoms with van der Waals surface area (Å²) < 4.78 is 10.5. The van der Waals surface area contributed by atoms with Gasteiger partial charge in [0, 0.05) is 13.1 Å². The highest BCUT2D eigenvalue weighted by Gasteiger charge is 2.22. The molecule has 1 aliphatic rings. The summed E-state index contributed by atoms with van der Waals surface area (Å²) in [6, 6.07) is 1.74. The van der Waals surface area contributed by atoms with Gasteiger partial charge in [0.1, 0.15) is 16.9 Å². The van der Waals surface area contributed by atoms with Crippen molar-refractivity contribution in [3.8, 4) is 11.7 Å². The van der Waals surface area contributed by atoms with Crippen molar-refractivity contribution in [2.45, 2.75) is 0 Å². The van der Waals surface area contributed by atoms with Crippen LogP contribution in [0.3, 0.4) is 0 Å². The lowest BCUT2D eigenvalue weighted by molar-refractivity contribution is 0.0306. The molecule has 0 atom stereocenters. The van der Waals surface area contributed by atoms with Gasteiger partial charge in [-0.3, -0.25) is 4.79 Å². The first-order valence-corrected chi connectivity index (χ1v) is 7.88. The third-order valence-electron chi connectivity index (χ3n) is 3.55. The number of oxazole rings is 1. The fourth-order valence-electron chi connectivity index (χ4n) is 2.40. The molecule has 0 aliphatic carbocycles. The zero-order valence-corrected chi connectivity index (χ0v) is 12.9. The number of nitrogens with zero attached hydrogens (tertiary/aromatic N) is 4. The topological polar surface area (TPSA) is 107 Å². The van der Waals surface area contributed by atoms with Gasteiger partial charge in [0.15, 0.2) is 0 Å². The number of carbonyl (C=O) groups is 1. The van der Waals surface area contributed by atoms with Crippen LogP contribution in [0, 0.1) is 0 Å². The van der Waals surface area contributed by atoms with Crippen molar-refractivity contribution < 1.29 is 13.9 Å². The van der Waals surface area contributed by atoms with Gasteiger partial charge in [-0.1, -0.05) is 0 Å². The van der Waals surface area contributed by atoms with Gasteiger partial charge < -0.3 is 19.8 Å². The van der Waals surface area contributed by atoms with Crippen molar-refractivity contribution in [1.29, 1.82) is 0 Å². The number of nitrogens with two attached hydrogens (primary N) is 1. The Morgan fingerprint density at radius 3 is 2.87 bits per heavy atom. The van der Waals surface area contributed by atoms with Crippen molar-refractivity contribution in [2.24, 2.45) is 0 Å². The summed E-state index contributed by atoms with van der Waals surface area (Å²) in [5, 5.41) is 0.668. The van der Waals surface area contributed by atoms with Gasteiger partial charge in [-0.05, 0) is 6.07 Å². The first-order chi connectivity index (χ1) is 11.2. The molecule has 9 heteroatoms. The van der Waals surface area contributed by atoms with Crippen LogP contribution in [0.4, 0.5) is 5.82 Å². The first-order valence-electron chi connectivity index (χ1n) is 7.06. The van der Waals surface area contributed by atoms with Crippen LogP contribution >= 0.6 is 11.3 Å². The Labute approximate surface area is 134 Å². The molecule has 1 fully saturated rings. The summed E-state index contributed by atoms with van der Waals surface area (Å²) in [4.78, 5) is 28.2. The van der Waals surface area contributed by atoms with Crippen LogP contribution in [0.2, 0.25) is 0 Å². The average molecular weight is 331 g/mol. The number of anilines is 1. The van der Waals surface area contributed by atoms with E-state index in [9.17, 15) is 4.79 Å². The Morgan fingerprint density at radius 1 is 1.30 bits per heavy atom. The molecule has 3 aromatic heterocycles. The quantitative estimate of drug-likeness (QED) is 0.756. The van der Waals surface area contributed by atoms with Gasteiger partial charge in [-0.2, -0.15) is 0 Å². The molecule has 0 bridgehead atoms. The van der Waals surface area contributed by atoms with E-state index in [4.69, 9.17) is 14.9 Å². The molecule has 0 spiro atoms. The van der Waals surface area contributed by atoms with E-state index in [1.54, 1.807) is 11.0 Å². The smallest absolute Gasteiger partial charge is 0.264 e. The molecule has 4 rings (SSSR count). The van der Waals surface area contributed by atoms with Gasteiger partial charge in [-0.25, -0.2) is 15.0 Å². The molecule has 1 saturated heterocycles. The fourth-order valence-corrected chi connectivity index (χ4v) is 3.41. The zero-order chi connectivity index (χ0) is 15.8. The highest BCUT2D eigenvalue weighted by molar-refractivity contribution is 7.20. The highest BCUT2D eigenvalue weighted by atomic mass is 32.1. The SMILES string of the molecule is Nc1nc(-c2ncco2)nc2sc(C(=O)N3CCOCC3)cc12. The molecule has 0 saturated carbocycles. The second kappa shape index (κ2) is 5.60. The summed E-state index contributed by atoms with van der Waals surface area (Å²) in [5.74, 6) is 0.883. The number of morpholine rings is 1. The molecule has 118 valence electrons. The highest BCUT2D eigenvalue weighted by Crippen LogP contribution is 2.30. The Balaban J connectivity index is 1.72. The number of nitrogen functional groups attached to an aromatic ring is 1. The molecule has 1 amide bonds. The maximum Gasteiger partial charge on any atom is 0.264 e. The van der Waals surface area contributed by atoms with E-state index in [0.717, 1.165) is 0 Å². The summed E-state index contributed by atoms with van der Waals surface area (Å²) in [6.07, 6.45) is 2.96. The van der Waals surface area contributed by atoms with E-state index in [1.165, 1.54) is 23.8 Å². The lowest BCUT2D eigenvalue weighted by Crippen LogP contribution is -2.40. The molecule has 4 heterocycles. The summed E-state index contributed by atoms with van der Waals surface area (Å²) in [6.45, 7) is 2.31. The molecule has 0 aromatic carbocycles. The van der Waals surface area contributed by atoms with Gasteiger partial charge >= 0.3 is 0 Å². The second-order valence-electron chi connectivity index (χ2n) is 5.00. The van der Waals surface area contributed by atoms with Crippen LogP contribution in [-0.4, -0.2) is 52.1 Å². The zero-order valence-electron chi connectivity index (χ0n) is 12.1. The molecule has 8 nitrogen and oxygen atoms in total. The van der Waals surface area contributed by atoms with Crippen molar-refractivity contribution in [3.05, 3.63) is 23.4 Å². The molecular formula is C14H13N5O3S. The lowest BCUT2D eigenvalue weighted by atomic mass is 10.3. The maximum atomic E-state index is 12.6. The van der Waals surface area contributed by atoms with Crippen molar-refractivity contribution >= 4 is 33.3 Å². The monoisotopic (exact) mass is 331 g/mol. The molecule has 2 N–H and O–H groups in total. The number of ether oxygens (including phenoxy) is 1. The number of carbonyl (C=O) groups excluding carboxylic acids is 1. The maximum absolute atomic E-state index is 12.6. The van der Waals surface area contributed by atoms with Crippen molar-refractivity contribution in [1.82, 2.24) is 19.9 Å². The Kier molecular flexibility index (Phi) is 3.43. The predicted octanol–water partition coefficient (Wildman–Crippen LogP) is 1.40. The summed E-state index contributed by atoms with van der Waals surface area (Å²) >= 11 is 1.29. The Morgan fingerprint density at radius 2 is 2.13 bits per heavy atom. The first kappa shape index (κ1) is 14.1. The van der Waals surface area contributed by atoms with E-state index in [-0.39, 0.29) is 5.91 Å². The molecule has 3 aromatic rings. The van der Waals surface area contributed by atoms with Gasteiger partial charge in [0.2, 0.25) is 5.82 Å². The number of hydrogen-bond donors (Lipinski definition) is 1. The largest absolute Gasteiger partial charge is 0.442 e. The fraction of sp³-hybridized carbons (Fsp3) is 0.286. The minimum atomic E-state index is -0.0339. The average Bonchev–Trinajstić information content (AvgIpc) is 3.24. The number of amides is 1. The number of aromatic nitrogens is 3. The normalized spacial score (nSPS) is 15.2. The van der Waals surface area contributed by atoms with Crippen LogP contribution in [0.5, 0.6) is 0 Å². The Hall–Kier alpha value is -2.52. The minimum Gasteiger partial charge on any atom is -0.442 e. The number of hydrogen-bond acceptors (Lipinski definition) is 8. The molecule has 0 unspecified atom stereocenters. The Bertz CT molecular complexity index is 855. The van der Waals surface area contributed by atoms with Gasteiger partial charge in [0.05, 0.1) is 29.7 Å². The van der Waals surface area contributed by atoms with Crippen LogP contribution in [-0.2, 0) is 4.74 Å². The van der Waals surface area contributed by atoms with E-state index >= 15 is 0 Å². The van der Waals surface area contributed by atoms with E-state index in [1.807, 2.05) is 0 Å². The standard InChI is InChI=1S/C14H13N5O3S/c15-10-8-7-9(14(20)19-2-5-21-6-3-19)23-13(8)18-11(17-10)12-16-1-4-22-12/h1,4,7H,2-3,5-6H2,(H2,15,17,18). The second-order valence-corrected chi connectivity index (χ2v) is 6.03. The van der Waals surface area contributed by atoms with Crippen LogP contribution in [0.25, 0.3) is 21.9 Å². The van der Waals surface area contributed by atoms with Crippen LogP contribution < -0.4 is 5.73 Å². The number of thiophene rings is 1. The minimum absolute atomic E-state index is 0.0339. The summed E-state index contributed by atoms with van der Waals surface area (Å²) in [5.41, 5.74) is 6.00. The molecule has 1 aliphatic heterocycles. The molecular weight excluding hydrogens is 318 g/mol. The summed E-state index contributed by atoms with van der Waals surface area (Å²) in [7, 11) is 0. The van der Waals surface area contributed by atoms with E-state index in [2.05, 4.69) is 15.0 Å². The van der Waals surface area contributed by atoms with Gasteiger partial charge in [0.25, 0.3) is 11.8 Å². The third-order valence-corrected chi connectivity index (χ3v) is 4.57. The molecule has 23 heavy (non-hydrogen) atoms. The van der Waals surface area contributed by atoms with Crippen molar-refractivity contribution in [3.63, 3.8) is 0 Å². The van der Waals surface area contributed by atoms with Crippen LogP contribution in [0.15, 0.2) is 22.9 Å². The van der Waals surface area contributed by atoms with Crippen molar-refractivity contribution in [2.75, 3.05) is 32.0 Å². The third kappa shape index (κ3) is 2.53. The van der Waals surface area contributed by atoms with Crippen LogP contribution in [0.1, 0.15) is 9.67 Å². The van der Waals surface area contributed by atoms with E-state index < -0.39 is 0 Å². The number of fused-ring (bicyclic) bond motifs is 1. The lowest BCUT2D eigenvalue weighted by Gasteiger charge is -2.26. The molecule has 0 radical (unpaired) electrons. The van der Waals surface area contributed by atoms with E-state index in [0.29, 0.717) is 58.9 Å².